The summed E-state index contributed by atoms with van der Waals surface area (Å²) >= 11 is 0. The van der Waals surface area contributed by atoms with Gasteiger partial charge in [-0.3, -0.25) is 4.90 Å². The van der Waals surface area contributed by atoms with Gasteiger partial charge in [-0.25, -0.2) is 9.97 Å². The molecule has 0 amide bonds. The Kier molecular flexibility index (Phi) is 4.69. The van der Waals surface area contributed by atoms with E-state index in [9.17, 15) is 10.2 Å². The van der Waals surface area contributed by atoms with Crippen LogP contribution in [-0.4, -0.2) is 57.4 Å². The minimum absolute atomic E-state index is 0.0719. The molecule has 0 fully saturated rings. The second-order valence-corrected chi connectivity index (χ2v) is 5.16. The molecule has 0 bridgehead atoms. The van der Waals surface area contributed by atoms with Gasteiger partial charge in [-0.2, -0.15) is 0 Å². The monoisotopic (exact) mass is 278 g/mol. The van der Waals surface area contributed by atoms with Gasteiger partial charge < -0.3 is 15.9 Å². The predicted molar refractivity (Wildman–Crippen MR) is 77.9 cm³/mol. The van der Waals surface area contributed by atoms with E-state index in [1.165, 1.54) is 6.33 Å². The summed E-state index contributed by atoms with van der Waals surface area (Å²) in [6.07, 6.45) is 4.37. The van der Waals surface area contributed by atoms with E-state index in [4.69, 9.17) is 5.73 Å². The van der Waals surface area contributed by atoms with Crippen LogP contribution in [0.25, 0.3) is 5.57 Å². The number of aromatic nitrogens is 2. The van der Waals surface area contributed by atoms with Crippen molar-refractivity contribution >= 4 is 11.4 Å². The molecule has 1 aromatic heterocycles. The Morgan fingerprint density at radius 3 is 2.85 bits per heavy atom. The van der Waals surface area contributed by atoms with Crippen LogP contribution in [0.2, 0.25) is 0 Å². The van der Waals surface area contributed by atoms with Crippen molar-refractivity contribution in [1.82, 2.24) is 14.9 Å². The van der Waals surface area contributed by atoms with Crippen LogP contribution < -0.4 is 5.73 Å². The van der Waals surface area contributed by atoms with E-state index in [-0.39, 0.29) is 12.6 Å². The number of nitrogens with zero attached hydrogens (tertiary/aromatic N) is 3. The first-order valence-electron chi connectivity index (χ1n) is 6.86. The maximum absolute atomic E-state index is 9.93. The Bertz CT molecular complexity index is 504. The Hall–Kier alpha value is -1.50. The fourth-order valence-electron chi connectivity index (χ4n) is 2.58. The lowest BCUT2D eigenvalue weighted by Crippen LogP contribution is -2.44. The molecule has 0 radical (unpaired) electrons. The van der Waals surface area contributed by atoms with Crippen LogP contribution in [0.1, 0.15) is 24.6 Å². The molecule has 6 heteroatoms. The molecule has 4 N–H and O–H groups in total. The second kappa shape index (κ2) is 6.30. The summed E-state index contributed by atoms with van der Waals surface area (Å²) in [7, 11) is 1.89. The average Bonchev–Trinajstić information content (AvgIpc) is 2.84. The third-order valence-corrected chi connectivity index (χ3v) is 3.87. The van der Waals surface area contributed by atoms with E-state index < -0.39 is 6.10 Å². The zero-order chi connectivity index (χ0) is 14.7. The lowest BCUT2D eigenvalue weighted by Gasteiger charge is -2.30. The molecule has 0 unspecified atom stereocenters. The van der Waals surface area contributed by atoms with Gasteiger partial charge in [-0.05, 0) is 25.5 Å². The number of nitrogen functional groups attached to an aromatic ring is 1. The molecule has 0 saturated heterocycles. The highest BCUT2D eigenvalue weighted by Gasteiger charge is 2.25. The minimum atomic E-state index is -0.540. The number of rotatable bonds is 6. The van der Waals surface area contributed by atoms with Crippen LogP contribution in [-0.2, 0) is 6.42 Å². The van der Waals surface area contributed by atoms with Crippen LogP contribution in [0.15, 0.2) is 12.4 Å². The number of hydrogen-bond donors (Lipinski definition) is 3. The van der Waals surface area contributed by atoms with Crippen LogP contribution in [0.5, 0.6) is 0 Å². The Balaban J connectivity index is 2.11. The first kappa shape index (κ1) is 14.9. The highest BCUT2D eigenvalue weighted by Crippen LogP contribution is 2.29. The van der Waals surface area contributed by atoms with Gasteiger partial charge in [0.05, 0.1) is 24.4 Å². The highest BCUT2D eigenvalue weighted by atomic mass is 16.3. The summed E-state index contributed by atoms with van der Waals surface area (Å²) in [5.41, 5.74) is 8.76. The van der Waals surface area contributed by atoms with Crippen molar-refractivity contribution in [2.24, 2.45) is 0 Å². The molecule has 6 nitrogen and oxygen atoms in total. The highest BCUT2D eigenvalue weighted by molar-refractivity contribution is 5.74. The molecular formula is C14H22N4O2. The molecule has 1 aliphatic carbocycles. The largest absolute Gasteiger partial charge is 0.395 e. The molecule has 110 valence electrons. The molecule has 0 spiro atoms. The van der Waals surface area contributed by atoms with Gasteiger partial charge >= 0.3 is 0 Å². The number of aliphatic hydroxyl groups is 2. The molecule has 0 aromatic carbocycles. The normalized spacial score (nSPS) is 16.9. The lowest BCUT2D eigenvalue weighted by molar-refractivity contribution is 0.0323. The molecule has 2 atom stereocenters. The Morgan fingerprint density at radius 2 is 2.20 bits per heavy atom. The Labute approximate surface area is 119 Å². The van der Waals surface area contributed by atoms with E-state index in [0.717, 1.165) is 23.3 Å². The van der Waals surface area contributed by atoms with E-state index in [0.29, 0.717) is 18.8 Å². The smallest absolute Gasteiger partial charge is 0.130 e. The fraction of sp³-hybridized carbons (Fsp3) is 0.571. The van der Waals surface area contributed by atoms with Gasteiger partial charge in [0, 0.05) is 12.1 Å². The van der Waals surface area contributed by atoms with Crippen LogP contribution in [0.3, 0.4) is 0 Å². The maximum Gasteiger partial charge on any atom is 0.130 e. The number of fused-ring (bicyclic) bond motifs is 1. The topological polar surface area (TPSA) is 95.5 Å². The van der Waals surface area contributed by atoms with Gasteiger partial charge in [0.15, 0.2) is 0 Å². The number of allylic oxidation sites excluding steroid dienone is 1. The second-order valence-electron chi connectivity index (χ2n) is 5.16. The van der Waals surface area contributed by atoms with Gasteiger partial charge in [0.2, 0.25) is 0 Å². The summed E-state index contributed by atoms with van der Waals surface area (Å²) in [6.45, 7) is 2.45. The minimum Gasteiger partial charge on any atom is -0.395 e. The average molecular weight is 278 g/mol. The van der Waals surface area contributed by atoms with Crippen molar-refractivity contribution in [3.8, 4) is 0 Å². The molecular weight excluding hydrogens is 256 g/mol. The maximum atomic E-state index is 9.93. The van der Waals surface area contributed by atoms with E-state index >= 15 is 0 Å². The van der Waals surface area contributed by atoms with Gasteiger partial charge in [-0.15, -0.1) is 0 Å². The third-order valence-electron chi connectivity index (χ3n) is 3.87. The number of hydrogen-bond acceptors (Lipinski definition) is 6. The van der Waals surface area contributed by atoms with Gasteiger partial charge in [0.1, 0.15) is 12.1 Å². The van der Waals surface area contributed by atoms with Gasteiger partial charge in [0.25, 0.3) is 0 Å². The molecule has 0 saturated carbocycles. The van der Waals surface area contributed by atoms with Crippen molar-refractivity contribution in [3.05, 3.63) is 23.7 Å². The molecule has 0 aliphatic heterocycles. The van der Waals surface area contributed by atoms with E-state index in [2.05, 4.69) is 16.0 Å². The van der Waals surface area contributed by atoms with Crippen LogP contribution in [0, 0.1) is 0 Å². The predicted octanol–water partition coefficient (Wildman–Crippen LogP) is 0.0619. The van der Waals surface area contributed by atoms with Crippen molar-refractivity contribution in [3.63, 3.8) is 0 Å². The molecule has 1 aliphatic rings. The van der Waals surface area contributed by atoms with Crippen molar-refractivity contribution in [2.75, 3.05) is 25.9 Å². The van der Waals surface area contributed by atoms with E-state index in [1.54, 1.807) is 0 Å². The molecule has 1 aromatic rings. The van der Waals surface area contributed by atoms with Crippen molar-refractivity contribution in [1.29, 1.82) is 0 Å². The quantitative estimate of drug-likeness (QED) is 0.681. The summed E-state index contributed by atoms with van der Waals surface area (Å²) < 4.78 is 0. The van der Waals surface area contributed by atoms with Crippen molar-refractivity contribution in [2.45, 2.75) is 31.9 Å². The Morgan fingerprint density at radius 1 is 1.45 bits per heavy atom. The van der Waals surface area contributed by atoms with Crippen LogP contribution in [0.4, 0.5) is 5.82 Å². The van der Waals surface area contributed by atoms with Crippen molar-refractivity contribution < 1.29 is 10.2 Å². The SMILES string of the molecule is CC[C@@H](O)[C@@H](CO)N(C)CC1=CCc2c(N)ncnc21. The summed E-state index contributed by atoms with van der Waals surface area (Å²) in [4.78, 5) is 10.2. The summed E-state index contributed by atoms with van der Waals surface area (Å²) in [6, 6.07) is -0.274. The fourth-order valence-corrected chi connectivity index (χ4v) is 2.58. The number of anilines is 1. The third kappa shape index (κ3) is 2.82. The number of likely N-dealkylation sites (N-methyl/N-ethyl adjacent to an activating group) is 1. The standard InChI is InChI=1S/C14H22N4O2/c1-3-12(20)11(7-19)18(2)6-9-4-5-10-13(9)16-8-17-14(10)15/h4,8,11-12,19-20H,3,5-7H2,1-2H3,(H2,15,16,17)/t11-,12-/m1/s1. The first-order valence-corrected chi connectivity index (χ1v) is 6.86. The number of nitrogens with two attached hydrogens (primary N) is 1. The van der Waals surface area contributed by atoms with Gasteiger partial charge in [-0.1, -0.05) is 13.0 Å². The summed E-state index contributed by atoms with van der Waals surface area (Å²) in [5.74, 6) is 0.524. The number of aliphatic hydroxyl groups excluding tert-OH is 2. The first-order chi connectivity index (χ1) is 9.58. The lowest BCUT2D eigenvalue weighted by atomic mass is 10.1. The van der Waals surface area contributed by atoms with Crippen LogP contribution >= 0.6 is 0 Å². The molecule has 2 rings (SSSR count). The zero-order valence-corrected chi connectivity index (χ0v) is 12.0. The molecule has 20 heavy (non-hydrogen) atoms. The zero-order valence-electron chi connectivity index (χ0n) is 12.0. The summed E-state index contributed by atoms with van der Waals surface area (Å²) in [5, 5.41) is 19.4. The molecule has 1 heterocycles. The van der Waals surface area contributed by atoms with E-state index in [1.807, 2.05) is 18.9 Å².